The molecule has 4 aromatic rings. The maximum absolute atomic E-state index is 13.6. The van der Waals surface area contributed by atoms with Crippen LogP contribution in [0.15, 0.2) is 47.8 Å². The van der Waals surface area contributed by atoms with Crippen LogP contribution in [0.1, 0.15) is 47.6 Å². The Morgan fingerprint density at radius 2 is 1.76 bits per heavy atom. The highest BCUT2D eigenvalue weighted by Gasteiger charge is 2.32. The fraction of sp³-hybridized carbons (Fsp3) is 0.433. The van der Waals surface area contributed by atoms with Crippen LogP contribution in [0.2, 0.25) is 0 Å². The summed E-state index contributed by atoms with van der Waals surface area (Å²) in [6, 6.07) is 9.93. The molecule has 2 aromatic carbocycles. The monoisotopic (exact) mass is 620 g/mol. The summed E-state index contributed by atoms with van der Waals surface area (Å²) >= 11 is 1.60. The summed E-state index contributed by atoms with van der Waals surface area (Å²) in [4.78, 5) is 2.45. The third kappa shape index (κ3) is 5.99. The topological polar surface area (TPSA) is 58.4 Å². The van der Waals surface area contributed by atoms with Crippen LogP contribution in [0.4, 0.5) is 17.6 Å². The fourth-order valence-electron chi connectivity index (χ4n) is 6.23. The number of nitrogens with zero attached hydrogens (tertiary/aromatic N) is 4. The molecule has 0 unspecified atom stereocenters. The van der Waals surface area contributed by atoms with Crippen LogP contribution < -0.4 is 0 Å². The zero-order valence-electron chi connectivity index (χ0n) is 23.2. The number of benzene rings is 2. The second-order valence-corrected chi connectivity index (χ2v) is 14.1. The molecule has 2 aromatic heterocycles. The van der Waals surface area contributed by atoms with E-state index in [9.17, 15) is 26.0 Å². The average molecular weight is 621 g/mol. The minimum Gasteiger partial charge on any atom is -0.303 e. The molecule has 0 amide bonds. The zero-order valence-corrected chi connectivity index (χ0v) is 24.8. The van der Waals surface area contributed by atoms with Crippen LogP contribution in [0, 0.1) is 5.82 Å². The minimum absolute atomic E-state index is 0.155. The van der Waals surface area contributed by atoms with E-state index in [1.807, 2.05) is 10.7 Å². The summed E-state index contributed by atoms with van der Waals surface area (Å²) in [7, 11) is -3.43. The maximum Gasteiger partial charge on any atom is 0.416 e. The average Bonchev–Trinajstić information content (AvgIpc) is 3.53. The third-order valence-electron chi connectivity index (χ3n) is 8.49. The fourth-order valence-corrected chi connectivity index (χ4v) is 8.09. The van der Waals surface area contributed by atoms with Gasteiger partial charge in [-0.2, -0.15) is 22.6 Å². The first-order valence-electron chi connectivity index (χ1n) is 14.1. The lowest BCUT2D eigenvalue weighted by Crippen LogP contribution is -2.36. The normalized spacial score (nSPS) is 17.6. The second kappa shape index (κ2) is 11.4. The number of aromatic nitrogens is 2. The molecule has 4 heterocycles. The molecule has 2 aliphatic rings. The molecule has 2 aliphatic heterocycles. The molecular weight excluding hydrogens is 588 g/mol. The molecule has 0 spiro atoms. The lowest BCUT2D eigenvalue weighted by molar-refractivity contribution is -0.137. The molecule has 0 atom stereocenters. The summed E-state index contributed by atoms with van der Waals surface area (Å²) in [5.74, 6) is 0.256. The van der Waals surface area contributed by atoms with Crippen molar-refractivity contribution in [1.82, 2.24) is 19.0 Å². The van der Waals surface area contributed by atoms with Crippen LogP contribution in [0.25, 0.3) is 21.3 Å². The molecule has 0 bridgehead atoms. The predicted molar refractivity (Wildman–Crippen MR) is 156 cm³/mol. The lowest BCUT2D eigenvalue weighted by atomic mass is 9.89. The van der Waals surface area contributed by atoms with Gasteiger partial charge in [-0.05, 0) is 85.4 Å². The van der Waals surface area contributed by atoms with Gasteiger partial charge in [0.05, 0.1) is 17.5 Å². The van der Waals surface area contributed by atoms with Crippen LogP contribution in [-0.4, -0.2) is 59.8 Å². The Labute approximate surface area is 246 Å². The number of piperidine rings is 1. The number of hydrogen-bond donors (Lipinski definition) is 0. The minimum atomic E-state index is -4.43. The Kier molecular flexibility index (Phi) is 7.92. The highest BCUT2D eigenvalue weighted by molar-refractivity contribution is 7.88. The summed E-state index contributed by atoms with van der Waals surface area (Å²) in [6.45, 7) is 3.98. The van der Waals surface area contributed by atoms with E-state index in [1.165, 1.54) is 34.3 Å². The number of likely N-dealkylation sites (tertiary alicyclic amines) is 1. The molecule has 0 radical (unpaired) electrons. The number of halogens is 4. The lowest BCUT2D eigenvalue weighted by Gasteiger charge is -2.32. The van der Waals surface area contributed by atoms with Gasteiger partial charge in [-0.3, -0.25) is 4.68 Å². The summed E-state index contributed by atoms with van der Waals surface area (Å²) in [6.07, 6.45) is 0.168. The van der Waals surface area contributed by atoms with Gasteiger partial charge in [0, 0.05) is 47.6 Å². The molecule has 1 saturated heterocycles. The van der Waals surface area contributed by atoms with Gasteiger partial charge >= 0.3 is 6.18 Å². The van der Waals surface area contributed by atoms with E-state index in [-0.39, 0.29) is 12.4 Å². The number of hydrogen-bond acceptors (Lipinski definition) is 5. The van der Waals surface area contributed by atoms with Crippen molar-refractivity contribution in [1.29, 1.82) is 0 Å². The van der Waals surface area contributed by atoms with Crippen molar-refractivity contribution < 1.29 is 26.0 Å². The smallest absolute Gasteiger partial charge is 0.303 e. The number of alkyl halides is 3. The highest BCUT2D eigenvalue weighted by Crippen LogP contribution is 2.38. The standard InChI is InChI=1S/C30H32F4N4O2S2/c1-42(39,40)37-16-11-27-25(18-37)29(21-3-5-22(6-4-21)30(32,33)34)35-38(27)13-2-12-36-14-9-20(10-15-36)26-19-41-28-17-23(31)7-8-24(26)28/h3-8,17,19-20H,2,9-16,18H2,1H3. The molecule has 6 nitrogen and oxygen atoms in total. The molecule has 1 fully saturated rings. The number of aryl methyl sites for hydroxylation is 1. The Hall–Kier alpha value is -2.80. The van der Waals surface area contributed by atoms with E-state index < -0.39 is 21.8 Å². The molecule has 42 heavy (non-hydrogen) atoms. The van der Waals surface area contributed by atoms with Gasteiger partial charge in [0.15, 0.2) is 0 Å². The van der Waals surface area contributed by atoms with Gasteiger partial charge < -0.3 is 4.90 Å². The van der Waals surface area contributed by atoms with E-state index in [0.29, 0.717) is 36.7 Å². The van der Waals surface area contributed by atoms with Crippen molar-refractivity contribution in [3.8, 4) is 11.3 Å². The first kappa shape index (κ1) is 29.3. The summed E-state index contributed by atoms with van der Waals surface area (Å²) in [5.41, 5.74) is 3.37. The van der Waals surface area contributed by atoms with Crippen molar-refractivity contribution in [2.45, 2.75) is 50.9 Å². The van der Waals surface area contributed by atoms with Crippen LogP contribution in [-0.2, 0) is 35.7 Å². The van der Waals surface area contributed by atoms with Gasteiger partial charge in [0.25, 0.3) is 0 Å². The van der Waals surface area contributed by atoms with Gasteiger partial charge in [-0.1, -0.05) is 18.2 Å². The van der Waals surface area contributed by atoms with E-state index in [4.69, 9.17) is 5.10 Å². The van der Waals surface area contributed by atoms with Crippen molar-refractivity contribution in [2.24, 2.45) is 0 Å². The Morgan fingerprint density at radius 3 is 2.45 bits per heavy atom. The quantitative estimate of drug-likeness (QED) is 0.221. The second-order valence-electron chi connectivity index (χ2n) is 11.2. The van der Waals surface area contributed by atoms with Crippen LogP contribution in [0.3, 0.4) is 0 Å². The van der Waals surface area contributed by atoms with Gasteiger partial charge in [-0.25, -0.2) is 12.8 Å². The Morgan fingerprint density at radius 1 is 1.02 bits per heavy atom. The molecule has 6 rings (SSSR count). The zero-order chi connectivity index (χ0) is 29.6. The number of sulfonamides is 1. The first-order valence-corrected chi connectivity index (χ1v) is 16.8. The summed E-state index contributed by atoms with van der Waals surface area (Å²) < 4.78 is 81.9. The largest absolute Gasteiger partial charge is 0.416 e. The van der Waals surface area contributed by atoms with E-state index in [2.05, 4.69) is 10.3 Å². The van der Waals surface area contributed by atoms with Crippen molar-refractivity contribution in [2.75, 3.05) is 32.4 Å². The maximum atomic E-state index is 13.6. The number of thiophene rings is 1. The molecule has 224 valence electrons. The van der Waals surface area contributed by atoms with Gasteiger partial charge in [0.1, 0.15) is 5.82 Å². The van der Waals surface area contributed by atoms with Crippen molar-refractivity contribution >= 4 is 31.4 Å². The molecule has 12 heteroatoms. The van der Waals surface area contributed by atoms with Gasteiger partial charge in [0.2, 0.25) is 10.0 Å². The molecule has 0 N–H and O–H groups in total. The molecule has 0 aliphatic carbocycles. The molecular formula is C30H32F4N4O2S2. The number of fused-ring (bicyclic) bond motifs is 2. The third-order valence-corrected chi connectivity index (χ3v) is 10.7. The molecule has 0 saturated carbocycles. The van der Waals surface area contributed by atoms with Gasteiger partial charge in [-0.15, -0.1) is 11.3 Å². The summed E-state index contributed by atoms with van der Waals surface area (Å²) in [5, 5.41) is 8.13. The SMILES string of the molecule is CS(=O)(=O)N1CCc2c(c(-c3ccc(C(F)(F)F)cc3)nn2CCCN2CCC(c3csc4cc(F)ccc34)CC2)C1. The Balaban J connectivity index is 1.13. The van der Waals surface area contributed by atoms with Crippen molar-refractivity contribution in [3.63, 3.8) is 0 Å². The van der Waals surface area contributed by atoms with E-state index in [1.54, 1.807) is 17.4 Å². The Bertz CT molecular complexity index is 1690. The van der Waals surface area contributed by atoms with E-state index in [0.717, 1.165) is 72.4 Å². The predicted octanol–water partition coefficient (Wildman–Crippen LogP) is 6.51. The highest BCUT2D eigenvalue weighted by atomic mass is 32.2. The number of rotatable bonds is 7. The van der Waals surface area contributed by atoms with Crippen LogP contribution >= 0.6 is 11.3 Å². The van der Waals surface area contributed by atoms with Crippen LogP contribution in [0.5, 0.6) is 0 Å². The van der Waals surface area contributed by atoms with E-state index >= 15 is 0 Å². The van der Waals surface area contributed by atoms with Crippen molar-refractivity contribution in [3.05, 3.63) is 76.0 Å². The first-order chi connectivity index (χ1) is 20.0.